The van der Waals surface area contributed by atoms with Crippen LogP contribution in [0.15, 0.2) is 41.5 Å². The van der Waals surface area contributed by atoms with Crippen LogP contribution in [0, 0.1) is 6.92 Å². The van der Waals surface area contributed by atoms with Gasteiger partial charge < -0.3 is 5.32 Å². The Balaban J connectivity index is 1.98. The molecule has 0 atom stereocenters. The van der Waals surface area contributed by atoms with E-state index in [4.69, 9.17) is 0 Å². The van der Waals surface area contributed by atoms with E-state index in [-0.39, 0.29) is 17.4 Å². The summed E-state index contributed by atoms with van der Waals surface area (Å²) >= 11 is 0. The first-order chi connectivity index (χ1) is 11.6. The van der Waals surface area contributed by atoms with Crippen molar-refractivity contribution in [2.75, 3.05) is 5.32 Å². The quantitative estimate of drug-likeness (QED) is 0.756. The van der Waals surface area contributed by atoms with Crippen LogP contribution in [-0.2, 0) is 6.42 Å². The molecule has 0 aliphatic heterocycles. The van der Waals surface area contributed by atoms with Gasteiger partial charge in [-0.05, 0) is 25.5 Å². The highest BCUT2D eigenvalue weighted by atomic mass is 16.1. The topological polar surface area (TPSA) is 106 Å². The highest BCUT2D eigenvalue weighted by Crippen LogP contribution is 2.15. The van der Waals surface area contributed by atoms with Gasteiger partial charge in [0.2, 0.25) is 5.95 Å². The number of nitrogens with zero attached hydrogens (tertiary/aromatic N) is 4. The highest BCUT2D eigenvalue weighted by molar-refractivity contribution is 6.03. The Morgan fingerprint density at radius 2 is 2.04 bits per heavy atom. The van der Waals surface area contributed by atoms with E-state index in [1.54, 1.807) is 37.5 Å². The Bertz CT molecular complexity index is 929. The Morgan fingerprint density at radius 3 is 2.75 bits per heavy atom. The summed E-state index contributed by atoms with van der Waals surface area (Å²) in [6.45, 7) is 3.70. The number of amides is 1. The zero-order chi connectivity index (χ0) is 17.1. The summed E-state index contributed by atoms with van der Waals surface area (Å²) in [5.41, 5.74) is 1.54. The molecule has 3 aromatic rings. The number of aromatic amines is 1. The average Bonchev–Trinajstić information content (AvgIpc) is 2.95. The molecular formula is C16H16N6O2. The van der Waals surface area contributed by atoms with Crippen molar-refractivity contribution < 1.29 is 4.79 Å². The van der Waals surface area contributed by atoms with Crippen molar-refractivity contribution in [3.8, 4) is 5.95 Å². The number of aromatic nitrogens is 5. The fraction of sp³-hybridized carbons (Fsp3) is 0.188. The maximum Gasteiger partial charge on any atom is 0.256 e. The molecule has 0 radical (unpaired) electrons. The van der Waals surface area contributed by atoms with Crippen molar-refractivity contribution in [1.29, 1.82) is 0 Å². The van der Waals surface area contributed by atoms with Gasteiger partial charge in [-0.1, -0.05) is 6.92 Å². The summed E-state index contributed by atoms with van der Waals surface area (Å²) in [5, 5.41) is 7.08. The van der Waals surface area contributed by atoms with Gasteiger partial charge in [0.1, 0.15) is 5.82 Å². The predicted molar refractivity (Wildman–Crippen MR) is 88.3 cm³/mol. The maximum atomic E-state index is 12.3. The van der Waals surface area contributed by atoms with Crippen LogP contribution in [-0.4, -0.2) is 30.6 Å². The average molecular weight is 324 g/mol. The minimum Gasteiger partial charge on any atom is -0.306 e. The van der Waals surface area contributed by atoms with Crippen LogP contribution in [0.5, 0.6) is 0 Å². The summed E-state index contributed by atoms with van der Waals surface area (Å²) in [6.07, 6.45) is 3.71. The molecule has 3 rings (SSSR count). The van der Waals surface area contributed by atoms with Crippen LogP contribution < -0.4 is 10.9 Å². The number of carbonyl (C=O) groups excluding carboxylic acids is 1. The molecule has 0 saturated heterocycles. The molecule has 0 spiro atoms. The molecule has 0 fully saturated rings. The van der Waals surface area contributed by atoms with Crippen LogP contribution >= 0.6 is 0 Å². The summed E-state index contributed by atoms with van der Waals surface area (Å²) in [7, 11) is 0. The molecule has 0 aliphatic rings. The Morgan fingerprint density at radius 1 is 1.29 bits per heavy atom. The monoisotopic (exact) mass is 324 g/mol. The highest BCUT2D eigenvalue weighted by Gasteiger charge is 2.14. The summed E-state index contributed by atoms with van der Waals surface area (Å²) in [5.74, 6) is 0.385. The van der Waals surface area contributed by atoms with Crippen LogP contribution in [0.1, 0.15) is 28.7 Å². The first kappa shape index (κ1) is 15.6. The molecule has 3 aromatic heterocycles. The third-order valence-corrected chi connectivity index (χ3v) is 3.36. The number of anilines is 1. The van der Waals surface area contributed by atoms with Gasteiger partial charge in [-0.15, -0.1) is 0 Å². The lowest BCUT2D eigenvalue weighted by Crippen LogP contribution is -2.19. The number of hydrogen-bond donors (Lipinski definition) is 2. The fourth-order valence-electron chi connectivity index (χ4n) is 2.22. The van der Waals surface area contributed by atoms with Crippen molar-refractivity contribution in [3.05, 3.63) is 64.0 Å². The van der Waals surface area contributed by atoms with Crippen molar-refractivity contribution in [2.45, 2.75) is 20.3 Å². The second kappa shape index (κ2) is 6.45. The van der Waals surface area contributed by atoms with Crippen LogP contribution in [0.3, 0.4) is 0 Å². The second-order valence-electron chi connectivity index (χ2n) is 5.19. The van der Waals surface area contributed by atoms with Gasteiger partial charge in [0.05, 0.1) is 5.69 Å². The van der Waals surface area contributed by atoms with Crippen LogP contribution in [0.4, 0.5) is 5.82 Å². The van der Waals surface area contributed by atoms with Crippen LogP contribution in [0.25, 0.3) is 5.95 Å². The normalized spacial score (nSPS) is 10.6. The van der Waals surface area contributed by atoms with Gasteiger partial charge in [-0.3, -0.25) is 19.6 Å². The number of aryl methyl sites for hydroxylation is 2. The van der Waals surface area contributed by atoms with Gasteiger partial charge in [0.15, 0.2) is 0 Å². The molecular weight excluding hydrogens is 308 g/mol. The van der Waals surface area contributed by atoms with Crippen molar-refractivity contribution in [2.24, 2.45) is 0 Å². The fourth-order valence-corrected chi connectivity index (χ4v) is 2.22. The van der Waals surface area contributed by atoms with Gasteiger partial charge in [0.25, 0.3) is 11.5 Å². The molecule has 2 N–H and O–H groups in total. The van der Waals surface area contributed by atoms with Gasteiger partial charge >= 0.3 is 0 Å². The van der Waals surface area contributed by atoms with E-state index in [9.17, 15) is 9.59 Å². The third kappa shape index (κ3) is 3.22. The first-order valence-electron chi connectivity index (χ1n) is 7.45. The number of rotatable bonds is 4. The molecule has 8 nitrogen and oxygen atoms in total. The van der Waals surface area contributed by atoms with Crippen molar-refractivity contribution in [3.63, 3.8) is 0 Å². The molecule has 24 heavy (non-hydrogen) atoms. The lowest BCUT2D eigenvalue weighted by Gasteiger charge is -2.08. The number of nitrogens with one attached hydrogen (secondary N) is 2. The van der Waals surface area contributed by atoms with E-state index in [2.05, 4.69) is 25.4 Å². The van der Waals surface area contributed by atoms with Gasteiger partial charge in [-0.25, -0.2) is 4.98 Å². The summed E-state index contributed by atoms with van der Waals surface area (Å²) < 4.78 is 1.41. The van der Waals surface area contributed by atoms with Crippen molar-refractivity contribution in [1.82, 2.24) is 24.7 Å². The summed E-state index contributed by atoms with van der Waals surface area (Å²) in [4.78, 5) is 35.0. The molecule has 0 aliphatic carbocycles. The molecule has 3 heterocycles. The van der Waals surface area contributed by atoms with E-state index in [1.807, 2.05) is 6.92 Å². The molecule has 0 unspecified atom stereocenters. The SMILES string of the molecule is CCc1cc(=O)[nH]c(-n2nc(C)cc2NC(=O)c2ccncc2)n1. The van der Waals surface area contributed by atoms with Crippen LogP contribution in [0.2, 0.25) is 0 Å². The number of hydrogen-bond acceptors (Lipinski definition) is 5. The van der Waals surface area contributed by atoms with Gasteiger partial charge in [-0.2, -0.15) is 9.78 Å². The predicted octanol–water partition coefficient (Wildman–Crippen LogP) is 1.47. The smallest absolute Gasteiger partial charge is 0.256 e. The lowest BCUT2D eigenvalue weighted by molar-refractivity contribution is 0.102. The number of carbonyl (C=O) groups is 1. The Kier molecular flexibility index (Phi) is 4.19. The molecule has 1 amide bonds. The third-order valence-electron chi connectivity index (χ3n) is 3.36. The molecule has 122 valence electrons. The molecule has 0 aromatic carbocycles. The van der Waals surface area contributed by atoms with E-state index < -0.39 is 0 Å². The Labute approximate surface area is 137 Å². The molecule has 0 saturated carbocycles. The molecule has 8 heteroatoms. The molecule has 0 bridgehead atoms. The minimum absolute atomic E-state index is 0.262. The van der Waals surface area contributed by atoms with E-state index >= 15 is 0 Å². The first-order valence-corrected chi connectivity index (χ1v) is 7.45. The lowest BCUT2D eigenvalue weighted by atomic mass is 10.2. The van der Waals surface area contributed by atoms with E-state index in [0.717, 1.165) is 0 Å². The van der Waals surface area contributed by atoms with E-state index in [1.165, 1.54) is 10.7 Å². The van der Waals surface area contributed by atoms with Gasteiger partial charge in [0, 0.05) is 35.8 Å². The largest absolute Gasteiger partial charge is 0.306 e. The number of H-pyrrole nitrogens is 1. The van der Waals surface area contributed by atoms with E-state index in [0.29, 0.717) is 29.2 Å². The zero-order valence-electron chi connectivity index (χ0n) is 13.3. The Hall–Kier alpha value is -3.29. The standard InChI is InChI=1S/C16H16N6O2/c1-3-12-9-14(23)20-16(18-12)22-13(8-10(2)21-22)19-15(24)11-4-6-17-7-5-11/h4-9H,3H2,1-2H3,(H,19,24)(H,18,20,23). The van der Waals surface area contributed by atoms with Crippen molar-refractivity contribution >= 4 is 11.7 Å². The zero-order valence-corrected chi connectivity index (χ0v) is 13.3. The maximum absolute atomic E-state index is 12.3. The number of pyridine rings is 1. The second-order valence-corrected chi connectivity index (χ2v) is 5.19. The minimum atomic E-state index is -0.299. The summed E-state index contributed by atoms with van der Waals surface area (Å²) in [6, 6.07) is 6.37.